The summed E-state index contributed by atoms with van der Waals surface area (Å²) in [6, 6.07) is 62.5. The number of halogens is 3. The Morgan fingerprint density at radius 2 is 0.803 bits per heavy atom. The van der Waals surface area contributed by atoms with Gasteiger partial charge in [-0.05, 0) is 213 Å². The van der Waals surface area contributed by atoms with E-state index in [0.717, 1.165) is 67.5 Å². The maximum Gasteiger partial charge on any atom is 0.492 e. The molecule has 35 heteroatoms. The highest BCUT2D eigenvalue weighted by Gasteiger charge is 2.31. The Balaban J connectivity index is 0.000000132. The van der Waals surface area contributed by atoms with E-state index in [4.69, 9.17) is 62.2 Å². The normalized spacial score (nSPS) is 11.2. The minimum Gasteiger partial charge on any atom is -0.497 e. The summed E-state index contributed by atoms with van der Waals surface area (Å²) in [5, 5.41) is 59.1. The quantitative estimate of drug-likeness (QED) is 0.0418. The Morgan fingerprint density at radius 1 is 0.402 bits per heavy atom. The summed E-state index contributed by atoms with van der Waals surface area (Å²) in [5.41, 5.74) is 14.2. The van der Waals surface area contributed by atoms with Gasteiger partial charge in [0.05, 0.1) is 69.3 Å². The number of hydrogen-bond acceptors (Lipinski definition) is 23. The number of pyridine rings is 4. The number of ether oxygens (including phenoxy) is 4. The number of aromatic nitrogens is 10. The molecule has 0 fully saturated rings. The number of hydrogen-bond donors (Lipinski definition) is 5. The summed E-state index contributed by atoms with van der Waals surface area (Å²) in [7, 11) is -8.08. The number of rotatable bonds is 17. The fourth-order valence-corrected chi connectivity index (χ4v) is 20.2. The van der Waals surface area contributed by atoms with Crippen LogP contribution < -0.4 is 29.9 Å². The molecule has 0 aliphatic rings. The van der Waals surface area contributed by atoms with Gasteiger partial charge in [-0.15, -0.1) is 8.17 Å². The zero-order valence-electron chi connectivity index (χ0n) is 65.8. The van der Waals surface area contributed by atoms with Crippen molar-refractivity contribution in [1.82, 2.24) is 47.3 Å². The molecule has 0 unspecified atom stereocenters. The number of aryl methyl sites for hydroxylation is 3. The Bertz CT molecular complexity index is 7050. The molecule has 0 amide bonds. The number of methoxy groups -OCH3 is 4. The van der Waals surface area contributed by atoms with E-state index in [9.17, 15) is 25.3 Å². The third-order valence-corrected chi connectivity index (χ3v) is 27.2. The van der Waals surface area contributed by atoms with Crippen LogP contribution in [0, 0.1) is 24.3 Å². The first-order valence-electron chi connectivity index (χ1n) is 36.8. The van der Waals surface area contributed by atoms with Gasteiger partial charge in [0.1, 0.15) is 40.0 Å². The third-order valence-electron chi connectivity index (χ3n) is 18.9. The highest BCUT2D eigenvalue weighted by atomic mass is 127. The summed E-state index contributed by atoms with van der Waals surface area (Å²) < 4.78 is 104. The van der Waals surface area contributed by atoms with Crippen LogP contribution in [0.5, 0.6) is 23.0 Å². The summed E-state index contributed by atoms with van der Waals surface area (Å²) in [6.45, 7) is 5.71. The van der Waals surface area contributed by atoms with Gasteiger partial charge in [0.2, 0.25) is 0 Å². The highest BCUT2D eigenvalue weighted by Crippen LogP contribution is 2.44. The maximum atomic E-state index is 13.6. The minimum absolute atomic E-state index is 0.121. The lowest BCUT2D eigenvalue weighted by atomic mass is 9.80. The summed E-state index contributed by atoms with van der Waals surface area (Å²) in [5.74, 6) is 2.51. The number of fused-ring (bicyclic) bond motifs is 4. The summed E-state index contributed by atoms with van der Waals surface area (Å²) in [6.07, 6.45) is 9.97. The second-order valence-corrected chi connectivity index (χ2v) is 36.3. The smallest absolute Gasteiger partial charge is 0.492 e. The van der Waals surface area contributed by atoms with Crippen LogP contribution in [0.1, 0.15) is 16.7 Å². The Kier molecular flexibility index (Phi) is 28.4. The molecule has 0 saturated heterocycles. The molecule has 0 aliphatic heterocycles. The van der Waals surface area contributed by atoms with Crippen LogP contribution in [-0.4, -0.2) is 135 Å². The fraction of sp³-hybridized carbons (Fsp3) is 0.0805. The van der Waals surface area contributed by atoms with E-state index < -0.39 is 44.3 Å². The van der Waals surface area contributed by atoms with E-state index >= 15 is 0 Å². The van der Waals surface area contributed by atoms with Crippen molar-refractivity contribution < 1.29 is 64.3 Å². The van der Waals surface area contributed by atoms with Gasteiger partial charge in [0, 0.05) is 73.9 Å². The number of nitrogens with zero attached hydrogens (tertiary/aromatic N) is 9. The third kappa shape index (κ3) is 19.1. The highest BCUT2D eigenvalue weighted by molar-refractivity contribution is 14.1. The van der Waals surface area contributed by atoms with Gasteiger partial charge < -0.3 is 44.0 Å². The molecule has 0 radical (unpaired) electrons. The molecule has 0 aliphatic carbocycles. The van der Waals surface area contributed by atoms with Gasteiger partial charge >= 0.3 is 14.2 Å². The molecule has 5 N–H and O–H groups in total. The van der Waals surface area contributed by atoms with Crippen molar-refractivity contribution in [2.75, 3.05) is 28.4 Å². The monoisotopic (exact) mass is 1890 g/mol. The zero-order valence-corrected chi connectivity index (χ0v) is 74.3. The molecule has 0 bridgehead atoms. The molecule has 618 valence electrons. The molecule has 122 heavy (non-hydrogen) atoms. The van der Waals surface area contributed by atoms with Crippen molar-refractivity contribution in [1.29, 1.82) is 0 Å². The Hall–Kier alpha value is -11.4. The number of nitrogens with one attached hydrogen (secondary N) is 1. The molecule has 18 rings (SSSR count). The first-order chi connectivity index (χ1) is 58.8. The number of benzene rings is 7. The van der Waals surface area contributed by atoms with Crippen LogP contribution in [0.3, 0.4) is 0 Å². The molecule has 0 saturated carbocycles. The standard InChI is InChI=1S/C24H19N3O3S2.C20H16ClN3O3S.C18H14N2OS.C14H10ClIN2O2S.C7H9BO3.C4H5BO2S/c1-16-7-9-18(10-8-16)32(28,29)27-24-22(19(11-13-25-24)17-12-14-31-15-17)23(26-27)20-5-3-4-6-21(20)30-2;1-13-7-9-14(10-8-13)28(25,26)24-20-18(16(21)11-12-22-20)19(23-24)15-5-3-4-6-17(15)27-2;1-21-16-5-3-2-4-14(16)15-10-20-18-17(15)13(6-8-19-18)12-7-9-22-11-12;1-9-2-4-10(5-3-9)21(19,20)18-8-12(16)13-11(15)6-7-17-14(13)18;1-11-7-5-3-2-4-6(7)8(9)10;6-5(7)4-1-2-8-3-4/h3-15H,1-2H3;3-12H,1-2H3;2-11H,1H3,(H,19,20);2-8H,1H3;2-5,9-10H,1H3;1-3,6-7H. The van der Waals surface area contributed by atoms with E-state index in [1.807, 2.05) is 111 Å². The van der Waals surface area contributed by atoms with Gasteiger partial charge in [-0.2, -0.15) is 61.0 Å². The van der Waals surface area contributed by atoms with Crippen LogP contribution >= 0.6 is 79.8 Å². The lowest BCUT2D eigenvalue weighted by molar-refractivity contribution is 0.403. The SMILES string of the molecule is COc1ccccc1-c1c[nH]c2nccc(-c3ccsc3)c12.COc1ccccc1-c1nn(S(=O)(=O)c2ccc(C)cc2)c2nccc(-c3ccsc3)c12.COc1ccccc1-c1nn(S(=O)(=O)c2ccc(C)cc2)c2nccc(Cl)c12.COc1ccccc1B(O)O.Cc1ccc(S(=O)(=O)n2cc(I)c3c(Cl)ccnc32)cc1.OB(O)c1ccsc1. The molecule has 24 nitrogen and oxygen atoms in total. The molecular weight excluding hydrogens is 1820 g/mol. The molecule has 11 aromatic heterocycles. The Morgan fingerprint density at radius 3 is 1.25 bits per heavy atom. The van der Waals surface area contributed by atoms with Crippen LogP contribution in [0.4, 0.5) is 0 Å². The first-order valence-corrected chi connectivity index (χ1v) is 45.7. The number of thiophene rings is 3. The van der Waals surface area contributed by atoms with Gasteiger partial charge in [0.15, 0.2) is 16.9 Å². The molecule has 7 aromatic carbocycles. The number of aromatic amines is 1. The second-order valence-electron chi connectivity index (χ2n) is 26.6. The van der Waals surface area contributed by atoms with E-state index in [2.05, 4.69) is 86.7 Å². The average Bonchev–Trinajstić information content (AvgIpc) is 1.57. The van der Waals surface area contributed by atoms with Gasteiger partial charge in [-0.3, -0.25) is 0 Å². The molecule has 0 atom stereocenters. The predicted octanol–water partition coefficient (Wildman–Crippen LogP) is 17.3. The van der Waals surface area contributed by atoms with Crippen LogP contribution in [-0.2, 0) is 30.1 Å². The molecule has 18 aromatic rings. The summed E-state index contributed by atoms with van der Waals surface area (Å²) in [4.78, 5) is 21.1. The molecular formula is C87H73B2Cl2IN10O14S6. The first kappa shape index (κ1) is 88.4. The van der Waals surface area contributed by atoms with Crippen molar-refractivity contribution >= 4 is 179 Å². The average molecular weight is 1890 g/mol. The minimum atomic E-state index is -3.97. The van der Waals surface area contributed by atoms with Crippen molar-refractivity contribution in [3.8, 4) is 78.9 Å². The van der Waals surface area contributed by atoms with Crippen LogP contribution in [0.15, 0.2) is 296 Å². The lowest BCUT2D eigenvalue weighted by Crippen LogP contribution is -2.30. The van der Waals surface area contributed by atoms with Crippen molar-refractivity contribution in [2.45, 2.75) is 35.5 Å². The maximum absolute atomic E-state index is 13.6. The topological polar surface area (TPSA) is 328 Å². The van der Waals surface area contributed by atoms with Crippen molar-refractivity contribution in [2.24, 2.45) is 0 Å². The van der Waals surface area contributed by atoms with Crippen LogP contribution in [0.25, 0.3) is 100 Å². The second kappa shape index (κ2) is 39.2. The van der Waals surface area contributed by atoms with E-state index in [1.165, 1.54) is 45.9 Å². The Labute approximate surface area is 739 Å². The zero-order chi connectivity index (χ0) is 86.6. The number of H-pyrrole nitrogens is 1. The van der Waals surface area contributed by atoms with E-state index in [-0.39, 0.29) is 26.0 Å². The van der Waals surface area contributed by atoms with Gasteiger partial charge in [-0.25, -0.2) is 32.3 Å². The van der Waals surface area contributed by atoms with E-state index in [0.29, 0.717) is 82.5 Å². The van der Waals surface area contributed by atoms with Crippen molar-refractivity contribution in [3.05, 3.63) is 312 Å². The fourth-order valence-electron chi connectivity index (χ4n) is 12.8. The lowest BCUT2D eigenvalue weighted by Gasteiger charge is -2.09. The van der Waals surface area contributed by atoms with Crippen molar-refractivity contribution in [3.63, 3.8) is 0 Å². The molecule has 11 heterocycles. The van der Waals surface area contributed by atoms with Gasteiger partial charge in [0.25, 0.3) is 30.1 Å². The van der Waals surface area contributed by atoms with Gasteiger partial charge in [-0.1, -0.05) is 143 Å². The molecule has 0 spiro atoms. The summed E-state index contributed by atoms with van der Waals surface area (Å²) >= 11 is 19.3. The largest absolute Gasteiger partial charge is 0.497 e. The predicted molar refractivity (Wildman–Crippen MR) is 494 cm³/mol. The number of para-hydroxylation sites is 4. The van der Waals surface area contributed by atoms with Crippen LogP contribution in [0.2, 0.25) is 10.0 Å². The van der Waals surface area contributed by atoms with E-state index in [1.54, 1.807) is 195 Å².